The van der Waals surface area contributed by atoms with Gasteiger partial charge in [-0.05, 0) is 30.5 Å². The van der Waals surface area contributed by atoms with E-state index in [9.17, 15) is 5.11 Å². The molecular formula is C13H16ClN3O. The highest BCUT2D eigenvalue weighted by atomic mass is 35.5. The SMILES string of the molecule is CC(C)Cc1c(CO)nnn1-c1cccc(Cl)c1. The van der Waals surface area contributed by atoms with Crippen LogP contribution in [0.3, 0.4) is 0 Å². The molecule has 1 aromatic heterocycles. The first-order chi connectivity index (χ1) is 8.61. The lowest BCUT2D eigenvalue weighted by atomic mass is 10.1. The molecule has 0 spiro atoms. The molecule has 2 aromatic rings. The van der Waals surface area contributed by atoms with E-state index in [-0.39, 0.29) is 6.61 Å². The Kier molecular flexibility index (Phi) is 3.99. The second kappa shape index (κ2) is 5.50. The third-order valence-electron chi connectivity index (χ3n) is 2.65. The van der Waals surface area contributed by atoms with Gasteiger partial charge in [0.25, 0.3) is 0 Å². The standard InChI is InChI=1S/C13H16ClN3O/c1-9(2)6-13-12(8-18)15-16-17(13)11-5-3-4-10(14)7-11/h3-5,7,9,18H,6,8H2,1-2H3. The lowest BCUT2D eigenvalue weighted by Gasteiger charge is -2.09. The van der Waals surface area contributed by atoms with E-state index in [0.29, 0.717) is 16.6 Å². The highest BCUT2D eigenvalue weighted by Crippen LogP contribution is 2.19. The topological polar surface area (TPSA) is 50.9 Å². The molecule has 18 heavy (non-hydrogen) atoms. The monoisotopic (exact) mass is 265 g/mol. The average molecular weight is 266 g/mol. The van der Waals surface area contributed by atoms with Gasteiger partial charge in [-0.1, -0.05) is 36.7 Å². The Labute approximate surface area is 111 Å². The fraction of sp³-hybridized carbons (Fsp3) is 0.385. The summed E-state index contributed by atoms with van der Waals surface area (Å²) in [5.41, 5.74) is 2.43. The summed E-state index contributed by atoms with van der Waals surface area (Å²) in [5.74, 6) is 0.465. The molecule has 0 fully saturated rings. The number of benzene rings is 1. The lowest BCUT2D eigenvalue weighted by molar-refractivity contribution is 0.275. The number of hydrogen-bond acceptors (Lipinski definition) is 3. The van der Waals surface area contributed by atoms with Crippen LogP contribution in [-0.2, 0) is 13.0 Å². The highest BCUT2D eigenvalue weighted by Gasteiger charge is 2.14. The molecular weight excluding hydrogens is 250 g/mol. The summed E-state index contributed by atoms with van der Waals surface area (Å²) in [6.07, 6.45) is 0.815. The van der Waals surface area contributed by atoms with E-state index in [1.54, 1.807) is 4.68 Å². The Hall–Kier alpha value is -1.39. The van der Waals surface area contributed by atoms with Crippen molar-refractivity contribution in [2.24, 2.45) is 5.92 Å². The fourth-order valence-electron chi connectivity index (χ4n) is 1.86. The van der Waals surface area contributed by atoms with Gasteiger partial charge in [0, 0.05) is 5.02 Å². The van der Waals surface area contributed by atoms with Crippen molar-refractivity contribution >= 4 is 11.6 Å². The number of halogens is 1. The van der Waals surface area contributed by atoms with Crippen molar-refractivity contribution in [1.29, 1.82) is 0 Å². The van der Waals surface area contributed by atoms with Gasteiger partial charge in [-0.15, -0.1) is 5.10 Å². The summed E-state index contributed by atoms with van der Waals surface area (Å²) in [7, 11) is 0. The van der Waals surface area contributed by atoms with Crippen LogP contribution in [0.1, 0.15) is 25.2 Å². The van der Waals surface area contributed by atoms with Gasteiger partial charge in [-0.2, -0.15) is 0 Å². The van der Waals surface area contributed by atoms with Crippen LogP contribution in [0.5, 0.6) is 0 Å². The van der Waals surface area contributed by atoms with Crippen molar-refractivity contribution in [3.8, 4) is 5.69 Å². The van der Waals surface area contributed by atoms with E-state index in [4.69, 9.17) is 11.6 Å². The highest BCUT2D eigenvalue weighted by molar-refractivity contribution is 6.30. The largest absolute Gasteiger partial charge is 0.390 e. The zero-order chi connectivity index (χ0) is 13.1. The van der Waals surface area contributed by atoms with Gasteiger partial charge in [0.15, 0.2) is 0 Å². The Morgan fingerprint density at radius 1 is 1.39 bits per heavy atom. The normalized spacial score (nSPS) is 11.2. The van der Waals surface area contributed by atoms with Crippen molar-refractivity contribution in [1.82, 2.24) is 15.0 Å². The molecule has 0 saturated carbocycles. The number of aliphatic hydroxyl groups excluding tert-OH is 1. The Balaban J connectivity index is 2.47. The maximum atomic E-state index is 9.30. The second-order valence-corrected chi connectivity index (χ2v) is 5.07. The second-order valence-electron chi connectivity index (χ2n) is 4.63. The first kappa shape index (κ1) is 13.1. The third-order valence-corrected chi connectivity index (χ3v) is 2.88. The molecule has 0 radical (unpaired) electrons. The molecule has 0 aliphatic carbocycles. The minimum absolute atomic E-state index is 0.0946. The number of rotatable bonds is 4. The van der Waals surface area contributed by atoms with E-state index in [2.05, 4.69) is 24.2 Å². The molecule has 1 N–H and O–H groups in total. The number of hydrogen-bond donors (Lipinski definition) is 1. The van der Waals surface area contributed by atoms with E-state index < -0.39 is 0 Å². The van der Waals surface area contributed by atoms with E-state index in [1.165, 1.54) is 0 Å². The van der Waals surface area contributed by atoms with Crippen molar-refractivity contribution in [3.05, 3.63) is 40.7 Å². The van der Waals surface area contributed by atoms with Gasteiger partial charge >= 0.3 is 0 Å². The molecule has 96 valence electrons. The molecule has 2 rings (SSSR count). The van der Waals surface area contributed by atoms with E-state index >= 15 is 0 Å². The molecule has 1 aromatic carbocycles. The maximum absolute atomic E-state index is 9.30. The van der Waals surface area contributed by atoms with Crippen LogP contribution in [0.2, 0.25) is 5.02 Å². The van der Waals surface area contributed by atoms with E-state index in [0.717, 1.165) is 17.8 Å². The summed E-state index contributed by atoms with van der Waals surface area (Å²) in [6, 6.07) is 7.45. The zero-order valence-electron chi connectivity index (χ0n) is 10.5. The molecule has 0 unspecified atom stereocenters. The summed E-state index contributed by atoms with van der Waals surface area (Å²) >= 11 is 5.98. The molecule has 0 bridgehead atoms. The summed E-state index contributed by atoms with van der Waals surface area (Å²) in [6.45, 7) is 4.15. The molecule has 4 nitrogen and oxygen atoms in total. The van der Waals surface area contributed by atoms with Gasteiger partial charge in [0.1, 0.15) is 5.69 Å². The van der Waals surface area contributed by atoms with Crippen molar-refractivity contribution in [3.63, 3.8) is 0 Å². The van der Waals surface area contributed by atoms with Crippen molar-refractivity contribution in [2.75, 3.05) is 0 Å². The molecule has 0 atom stereocenters. The first-order valence-corrected chi connectivity index (χ1v) is 6.30. The van der Waals surface area contributed by atoms with Gasteiger partial charge in [0.2, 0.25) is 0 Å². The minimum Gasteiger partial charge on any atom is -0.390 e. The average Bonchev–Trinajstić information content (AvgIpc) is 2.71. The first-order valence-electron chi connectivity index (χ1n) is 5.92. The zero-order valence-corrected chi connectivity index (χ0v) is 11.2. The van der Waals surface area contributed by atoms with Gasteiger partial charge in [0.05, 0.1) is 18.0 Å². The Morgan fingerprint density at radius 2 is 2.17 bits per heavy atom. The molecule has 1 heterocycles. The van der Waals surface area contributed by atoms with Crippen LogP contribution >= 0.6 is 11.6 Å². The summed E-state index contributed by atoms with van der Waals surface area (Å²) in [5, 5.41) is 18.1. The van der Waals surface area contributed by atoms with Gasteiger partial charge in [-0.3, -0.25) is 0 Å². The van der Waals surface area contributed by atoms with E-state index in [1.807, 2.05) is 24.3 Å². The Morgan fingerprint density at radius 3 is 2.78 bits per heavy atom. The van der Waals surface area contributed by atoms with Crippen LogP contribution in [0.25, 0.3) is 5.69 Å². The van der Waals surface area contributed by atoms with Crippen molar-refractivity contribution in [2.45, 2.75) is 26.9 Å². The minimum atomic E-state index is -0.0946. The Bertz CT molecular complexity index is 537. The molecule has 0 aliphatic heterocycles. The smallest absolute Gasteiger partial charge is 0.112 e. The summed E-state index contributed by atoms with van der Waals surface area (Å²) < 4.78 is 1.75. The molecule has 0 aliphatic rings. The third kappa shape index (κ3) is 2.71. The van der Waals surface area contributed by atoms with Gasteiger partial charge < -0.3 is 5.11 Å². The van der Waals surface area contributed by atoms with Crippen LogP contribution in [0, 0.1) is 5.92 Å². The molecule has 0 amide bonds. The fourth-order valence-corrected chi connectivity index (χ4v) is 2.05. The number of aromatic nitrogens is 3. The van der Waals surface area contributed by atoms with Crippen LogP contribution in [0.15, 0.2) is 24.3 Å². The molecule has 5 heteroatoms. The number of aliphatic hydroxyl groups is 1. The summed E-state index contributed by atoms with van der Waals surface area (Å²) in [4.78, 5) is 0. The van der Waals surface area contributed by atoms with Crippen molar-refractivity contribution < 1.29 is 5.11 Å². The molecule has 0 saturated heterocycles. The lowest BCUT2D eigenvalue weighted by Crippen LogP contribution is -2.07. The predicted molar refractivity (Wildman–Crippen MR) is 70.8 cm³/mol. The quantitative estimate of drug-likeness (QED) is 0.925. The number of nitrogens with zero attached hydrogens (tertiary/aromatic N) is 3. The van der Waals surface area contributed by atoms with Crippen LogP contribution in [-0.4, -0.2) is 20.1 Å². The predicted octanol–water partition coefficient (Wildman–Crippen LogP) is 2.61. The van der Waals surface area contributed by atoms with Crippen LogP contribution in [0.4, 0.5) is 0 Å². The maximum Gasteiger partial charge on any atom is 0.112 e. The van der Waals surface area contributed by atoms with Gasteiger partial charge in [-0.25, -0.2) is 4.68 Å². The van der Waals surface area contributed by atoms with Crippen LogP contribution < -0.4 is 0 Å².